The van der Waals surface area contributed by atoms with Crippen LogP contribution in [0, 0.1) is 11.6 Å². The van der Waals surface area contributed by atoms with Gasteiger partial charge in [-0.1, -0.05) is 24.3 Å². The fourth-order valence-corrected chi connectivity index (χ4v) is 2.98. The third-order valence-electron chi connectivity index (χ3n) is 4.34. The molecule has 0 saturated carbocycles. The monoisotopic (exact) mass is 332 g/mol. The number of hydrogen-bond donors (Lipinski definition) is 2. The molecule has 2 aromatic carbocycles. The van der Waals surface area contributed by atoms with Gasteiger partial charge in [0.25, 0.3) is 0 Å². The number of anilines is 1. The molecule has 1 fully saturated rings. The molecule has 1 saturated heterocycles. The molecule has 0 aromatic heterocycles. The van der Waals surface area contributed by atoms with Gasteiger partial charge in [-0.15, -0.1) is 0 Å². The van der Waals surface area contributed by atoms with Gasteiger partial charge in [0, 0.05) is 30.3 Å². The predicted octanol–water partition coefficient (Wildman–Crippen LogP) is 4.24. The lowest BCUT2D eigenvalue weighted by atomic mass is 9.99. The first kappa shape index (κ1) is 16.9. The molecule has 5 heteroatoms. The molecular formula is C19H22F2N2O. The second-order valence-electron chi connectivity index (χ2n) is 6.21. The summed E-state index contributed by atoms with van der Waals surface area (Å²) in [6.07, 6.45) is 2.11. The van der Waals surface area contributed by atoms with Crippen LogP contribution in [0.3, 0.4) is 0 Å². The molecule has 1 unspecified atom stereocenters. The summed E-state index contributed by atoms with van der Waals surface area (Å²) in [6, 6.07) is 9.28. The van der Waals surface area contributed by atoms with E-state index in [0.717, 1.165) is 19.4 Å². The maximum atomic E-state index is 14.7. The molecular weight excluding hydrogens is 310 g/mol. The zero-order valence-corrected chi connectivity index (χ0v) is 13.7. The van der Waals surface area contributed by atoms with Crippen molar-refractivity contribution in [2.75, 3.05) is 18.5 Å². The molecule has 2 aromatic rings. The fourth-order valence-electron chi connectivity index (χ4n) is 2.98. The first-order chi connectivity index (χ1) is 11.6. The minimum absolute atomic E-state index is 0.103. The SMILES string of the molecule is C[C@@H](N)c1cccc(-c2ccc(F)c(NCC3CCCO3)c2)c1F. The minimum atomic E-state index is -0.400. The van der Waals surface area contributed by atoms with Crippen LogP contribution in [0.5, 0.6) is 0 Å². The van der Waals surface area contributed by atoms with Crippen LogP contribution < -0.4 is 11.1 Å². The molecule has 0 radical (unpaired) electrons. The lowest BCUT2D eigenvalue weighted by Gasteiger charge is -2.15. The number of nitrogens with two attached hydrogens (primary N) is 1. The summed E-state index contributed by atoms with van der Waals surface area (Å²) >= 11 is 0. The maximum Gasteiger partial charge on any atom is 0.146 e. The number of hydrogen-bond acceptors (Lipinski definition) is 3. The predicted molar refractivity (Wildman–Crippen MR) is 91.9 cm³/mol. The second kappa shape index (κ2) is 7.28. The van der Waals surface area contributed by atoms with E-state index in [9.17, 15) is 8.78 Å². The number of halogens is 2. The summed E-state index contributed by atoms with van der Waals surface area (Å²) in [5, 5.41) is 3.07. The fraction of sp³-hybridized carbons (Fsp3) is 0.368. The van der Waals surface area contributed by atoms with E-state index in [4.69, 9.17) is 10.5 Å². The quantitative estimate of drug-likeness (QED) is 0.861. The number of ether oxygens (including phenoxy) is 1. The lowest BCUT2D eigenvalue weighted by Crippen LogP contribution is -2.19. The summed E-state index contributed by atoms with van der Waals surface area (Å²) in [5.41, 5.74) is 7.65. The van der Waals surface area contributed by atoms with Gasteiger partial charge in [-0.2, -0.15) is 0 Å². The molecule has 0 amide bonds. The lowest BCUT2D eigenvalue weighted by molar-refractivity contribution is 0.120. The zero-order valence-electron chi connectivity index (χ0n) is 13.7. The highest BCUT2D eigenvalue weighted by Gasteiger charge is 2.17. The van der Waals surface area contributed by atoms with Crippen LogP contribution in [0.15, 0.2) is 36.4 Å². The first-order valence-electron chi connectivity index (χ1n) is 8.25. The Morgan fingerprint density at radius 3 is 2.83 bits per heavy atom. The molecule has 2 atom stereocenters. The van der Waals surface area contributed by atoms with Gasteiger partial charge < -0.3 is 15.8 Å². The van der Waals surface area contributed by atoms with Crippen molar-refractivity contribution >= 4 is 5.69 Å². The summed E-state index contributed by atoms with van der Waals surface area (Å²) in [6.45, 7) is 3.04. The van der Waals surface area contributed by atoms with E-state index in [1.807, 2.05) is 0 Å². The zero-order chi connectivity index (χ0) is 17.1. The minimum Gasteiger partial charge on any atom is -0.380 e. The normalized spacial score (nSPS) is 18.6. The van der Waals surface area contributed by atoms with Gasteiger partial charge in [-0.05, 0) is 37.5 Å². The van der Waals surface area contributed by atoms with Gasteiger partial charge in [-0.3, -0.25) is 0 Å². The summed E-state index contributed by atoms with van der Waals surface area (Å²) in [4.78, 5) is 0. The van der Waals surface area contributed by atoms with Gasteiger partial charge in [-0.25, -0.2) is 8.78 Å². The van der Waals surface area contributed by atoms with Crippen molar-refractivity contribution in [3.63, 3.8) is 0 Å². The number of rotatable bonds is 5. The van der Waals surface area contributed by atoms with Crippen molar-refractivity contribution in [2.24, 2.45) is 5.73 Å². The van der Waals surface area contributed by atoms with E-state index in [1.54, 1.807) is 37.3 Å². The van der Waals surface area contributed by atoms with Crippen molar-refractivity contribution in [1.29, 1.82) is 0 Å². The van der Waals surface area contributed by atoms with E-state index < -0.39 is 6.04 Å². The molecule has 0 bridgehead atoms. The van der Waals surface area contributed by atoms with E-state index in [2.05, 4.69) is 5.32 Å². The molecule has 128 valence electrons. The third-order valence-corrected chi connectivity index (χ3v) is 4.34. The van der Waals surface area contributed by atoms with Gasteiger partial charge in [0.15, 0.2) is 0 Å². The van der Waals surface area contributed by atoms with Crippen molar-refractivity contribution in [2.45, 2.75) is 31.9 Å². The highest BCUT2D eigenvalue weighted by Crippen LogP contribution is 2.30. The molecule has 24 heavy (non-hydrogen) atoms. The molecule has 0 aliphatic carbocycles. The maximum absolute atomic E-state index is 14.7. The van der Waals surface area contributed by atoms with Crippen LogP contribution in [-0.4, -0.2) is 19.3 Å². The molecule has 1 heterocycles. The molecule has 3 nitrogen and oxygen atoms in total. The Labute approximate surface area is 140 Å². The molecule has 3 rings (SSSR count). The van der Waals surface area contributed by atoms with Gasteiger partial charge >= 0.3 is 0 Å². The summed E-state index contributed by atoms with van der Waals surface area (Å²) < 4.78 is 34.2. The van der Waals surface area contributed by atoms with Crippen molar-refractivity contribution in [1.82, 2.24) is 0 Å². The van der Waals surface area contributed by atoms with Crippen LogP contribution in [0.25, 0.3) is 11.1 Å². The van der Waals surface area contributed by atoms with Crippen LogP contribution in [0.4, 0.5) is 14.5 Å². The number of benzene rings is 2. The van der Waals surface area contributed by atoms with Crippen molar-refractivity contribution in [3.05, 3.63) is 53.6 Å². The molecule has 1 aliphatic heterocycles. The number of nitrogens with one attached hydrogen (secondary N) is 1. The largest absolute Gasteiger partial charge is 0.380 e. The average Bonchev–Trinajstić information content (AvgIpc) is 3.08. The Balaban J connectivity index is 1.86. The van der Waals surface area contributed by atoms with E-state index in [1.165, 1.54) is 6.07 Å². The Hall–Kier alpha value is -1.98. The van der Waals surface area contributed by atoms with Crippen LogP contribution in [0.2, 0.25) is 0 Å². The highest BCUT2D eigenvalue weighted by atomic mass is 19.1. The Morgan fingerprint density at radius 1 is 1.29 bits per heavy atom. The van der Waals surface area contributed by atoms with Crippen LogP contribution >= 0.6 is 0 Å². The van der Waals surface area contributed by atoms with E-state index >= 15 is 0 Å². The van der Waals surface area contributed by atoms with Gasteiger partial charge in [0.1, 0.15) is 11.6 Å². The van der Waals surface area contributed by atoms with Crippen LogP contribution in [0.1, 0.15) is 31.4 Å². The van der Waals surface area contributed by atoms with E-state index in [0.29, 0.717) is 28.9 Å². The average molecular weight is 332 g/mol. The Bertz CT molecular complexity index is 713. The highest BCUT2D eigenvalue weighted by molar-refractivity contribution is 5.69. The molecule has 1 aliphatic rings. The van der Waals surface area contributed by atoms with Crippen molar-refractivity contribution in [3.8, 4) is 11.1 Å². The first-order valence-corrected chi connectivity index (χ1v) is 8.25. The smallest absolute Gasteiger partial charge is 0.146 e. The van der Waals surface area contributed by atoms with Crippen molar-refractivity contribution < 1.29 is 13.5 Å². The topological polar surface area (TPSA) is 47.3 Å². The van der Waals surface area contributed by atoms with E-state index in [-0.39, 0.29) is 17.7 Å². The third kappa shape index (κ3) is 3.57. The summed E-state index contributed by atoms with van der Waals surface area (Å²) in [5.74, 6) is -0.718. The standard InChI is InChI=1S/C19H22F2N2O/c1-12(22)15-5-2-6-16(19(15)21)13-7-8-17(20)18(10-13)23-11-14-4-3-9-24-14/h2,5-8,10,12,14,23H,3-4,9,11,22H2,1H3/t12-,14?/m1/s1. The van der Waals surface area contributed by atoms with Gasteiger partial charge in [0.2, 0.25) is 0 Å². The molecule has 0 spiro atoms. The Morgan fingerprint density at radius 2 is 2.12 bits per heavy atom. The Kier molecular flexibility index (Phi) is 5.11. The van der Waals surface area contributed by atoms with Crippen LogP contribution in [-0.2, 0) is 4.74 Å². The molecule has 3 N–H and O–H groups in total. The second-order valence-corrected chi connectivity index (χ2v) is 6.21. The van der Waals surface area contributed by atoms with Gasteiger partial charge in [0.05, 0.1) is 11.8 Å². The summed E-state index contributed by atoms with van der Waals surface area (Å²) in [7, 11) is 0.